The zero-order valence-electron chi connectivity index (χ0n) is 21.8. The number of carbonyl (C=O) groups is 1. The van der Waals surface area contributed by atoms with Crippen molar-refractivity contribution in [2.24, 2.45) is 0 Å². The SMILES string of the molecule is O=C(Cc1ccccc1)NC(=S)Nc1ccc(Oc2ccnc3cc(C#CCN4CCC(O)(F)CC4)sc23)c(F)c1. The summed E-state index contributed by atoms with van der Waals surface area (Å²) < 4.78 is 35.1. The molecule has 210 valence electrons. The van der Waals surface area contributed by atoms with Crippen molar-refractivity contribution in [3.05, 3.63) is 83.1 Å². The topological polar surface area (TPSA) is 86.7 Å². The van der Waals surface area contributed by atoms with Gasteiger partial charge < -0.3 is 20.5 Å². The molecule has 0 saturated carbocycles. The summed E-state index contributed by atoms with van der Waals surface area (Å²) in [4.78, 5) is 19.4. The summed E-state index contributed by atoms with van der Waals surface area (Å²) in [5.41, 5.74) is 1.89. The number of nitrogens with zero attached hydrogens (tertiary/aromatic N) is 2. The van der Waals surface area contributed by atoms with Gasteiger partial charge in [0.05, 0.1) is 28.1 Å². The van der Waals surface area contributed by atoms with Crippen LogP contribution in [0.25, 0.3) is 10.2 Å². The van der Waals surface area contributed by atoms with E-state index in [9.17, 15) is 18.7 Å². The summed E-state index contributed by atoms with van der Waals surface area (Å²) in [5.74, 6) is 3.68. The van der Waals surface area contributed by atoms with Gasteiger partial charge in [-0.3, -0.25) is 14.7 Å². The van der Waals surface area contributed by atoms with Crippen molar-refractivity contribution >= 4 is 50.5 Å². The maximum Gasteiger partial charge on any atom is 0.230 e. The Morgan fingerprint density at radius 3 is 2.68 bits per heavy atom. The van der Waals surface area contributed by atoms with Crippen LogP contribution < -0.4 is 15.4 Å². The van der Waals surface area contributed by atoms with Crippen LogP contribution in [0.5, 0.6) is 11.5 Å². The van der Waals surface area contributed by atoms with E-state index in [0.717, 1.165) is 15.1 Å². The van der Waals surface area contributed by atoms with Crippen LogP contribution >= 0.6 is 23.6 Å². The van der Waals surface area contributed by atoms with E-state index < -0.39 is 11.7 Å². The van der Waals surface area contributed by atoms with Crippen molar-refractivity contribution < 1.29 is 23.4 Å². The second-order valence-corrected chi connectivity index (χ2v) is 11.0. The van der Waals surface area contributed by atoms with E-state index >= 15 is 0 Å². The van der Waals surface area contributed by atoms with Crippen molar-refractivity contribution in [3.8, 4) is 23.3 Å². The van der Waals surface area contributed by atoms with Gasteiger partial charge in [-0.25, -0.2) is 8.78 Å². The molecule has 2 aromatic carbocycles. The summed E-state index contributed by atoms with van der Waals surface area (Å²) in [6.07, 6.45) is 1.91. The number of aliphatic hydroxyl groups is 1. The van der Waals surface area contributed by atoms with Gasteiger partial charge in [-0.1, -0.05) is 42.2 Å². The average molecular weight is 593 g/mol. The standard InChI is InChI=1S/C30H26F2N4O3S2/c31-23-18-21(34-29(40)35-27(37)17-20-5-2-1-3-6-20)8-9-25(23)39-26-10-13-33-24-19-22(41-28(24)26)7-4-14-36-15-11-30(32,38)12-16-36/h1-3,5-6,8-10,13,18-19,38H,11-12,14-17H2,(H2,34,35,37,40). The molecule has 0 aliphatic carbocycles. The number of thiophene rings is 1. The van der Waals surface area contributed by atoms with E-state index in [1.54, 1.807) is 18.3 Å². The van der Waals surface area contributed by atoms with Gasteiger partial charge in [0, 0.05) is 49.9 Å². The van der Waals surface area contributed by atoms with E-state index in [4.69, 9.17) is 17.0 Å². The lowest BCUT2D eigenvalue weighted by Crippen LogP contribution is -2.41. The number of halogens is 2. The number of likely N-dealkylation sites (tertiary alicyclic amines) is 1. The molecule has 0 spiro atoms. The van der Waals surface area contributed by atoms with Gasteiger partial charge in [-0.05, 0) is 36.0 Å². The number of piperidine rings is 1. The van der Waals surface area contributed by atoms with E-state index in [1.807, 2.05) is 41.3 Å². The molecule has 2 aromatic heterocycles. The Hall–Kier alpha value is -3.95. The smallest absolute Gasteiger partial charge is 0.230 e. The van der Waals surface area contributed by atoms with Crippen LogP contribution in [0.15, 0.2) is 66.9 Å². The first-order valence-electron chi connectivity index (χ1n) is 12.9. The molecule has 3 N–H and O–H groups in total. The molecule has 1 saturated heterocycles. The molecular weight excluding hydrogens is 566 g/mol. The van der Waals surface area contributed by atoms with Crippen molar-refractivity contribution in [1.29, 1.82) is 0 Å². The number of fused-ring (bicyclic) bond motifs is 1. The quantitative estimate of drug-likeness (QED) is 0.205. The number of amides is 1. The third-order valence-electron chi connectivity index (χ3n) is 6.38. The van der Waals surface area contributed by atoms with E-state index in [2.05, 4.69) is 27.5 Å². The molecule has 5 rings (SSSR count). The Kier molecular flexibility index (Phi) is 8.85. The predicted octanol–water partition coefficient (Wildman–Crippen LogP) is 5.39. The van der Waals surface area contributed by atoms with Gasteiger partial charge >= 0.3 is 0 Å². The maximum atomic E-state index is 15.0. The average Bonchev–Trinajstić information content (AvgIpc) is 3.35. The minimum atomic E-state index is -2.08. The van der Waals surface area contributed by atoms with E-state index in [0.29, 0.717) is 36.6 Å². The highest BCUT2D eigenvalue weighted by molar-refractivity contribution is 7.80. The summed E-state index contributed by atoms with van der Waals surface area (Å²) in [6.45, 7) is 1.36. The maximum absolute atomic E-state index is 15.0. The Bertz CT molecular complexity index is 1620. The van der Waals surface area contributed by atoms with Gasteiger partial charge in [0.25, 0.3) is 0 Å². The normalized spacial score (nSPS) is 14.6. The number of carbonyl (C=O) groups excluding carboxylic acids is 1. The zero-order chi connectivity index (χ0) is 28.8. The van der Waals surface area contributed by atoms with E-state index in [-0.39, 0.29) is 36.0 Å². The monoisotopic (exact) mass is 592 g/mol. The summed E-state index contributed by atoms with van der Waals surface area (Å²) in [7, 11) is 0. The van der Waals surface area contributed by atoms with Crippen molar-refractivity contribution in [1.82, 2.24) is 15.2 Å². The van der Waals surface area contributed by atoms with Gasteiger partial charge in [0.15, 0.2) is 16.7 Å². The Morgan fingerprint density at radius 1 is 1.15 bits per heavy atom. The predicted molar refractivity (Wildman–Crippen MR) is 159 cm³/mol. The Labute approximate surface area is 245 Å². The second-order valence-electron chi connectivity index (χ2n) is 9.54. The number of aromatic nitrogens is 1. The van der Waals surface area contributed by atoms with Gasteiger partial charge in [0.2, 0.25) is 11.8 Å². The lowest BCUT2D eigenvalue weighted by molar-refractivity contribution is -0.125. The largest absolute Gasteiger partial charge is 0.453 e. The van der Waals surface area contributed by atoms with Gasteiger partial charge in [0.1, 0.15) is 5.75 Å². The molecule has 11 heteroatoms. The first-order valence-corrected chi connectivity index (χ1v) is 14.1. The minimum Gasteiger partial charge on any atom is -0.453 e. The molecule has 0 bridgehead atoms. The van der Waals surface area contributed by atoms with Gasteiger partial charge in [-0.15, -0.1) is 11.3 Å². The molecule has 1 aliphatic heterocycles. The number of pyridine rings is 1. The molecule has 1 amide bonds. The molecule has 7 nitrogen and oxygen atoms in total. The molecular formula is C30H26F2N4O3S2. The van der Waals surface area contributed by atoms with Crippen LogP contribution in [0.3, 0.4) is 0 Å². The van der Waals surface area contributed by atoms with Crippen LogP contribution in [0, 0.1) is 17.7 Å². The van der Waals surface area contributed by atoms with Crippen molar-refractivity contribution in [2.45, 2.75) is 25.1 Å². The number of thiocarbonyl (C=S) groups is 1. The number of ether oxygens (including phenoxy) is 1. The third kappa shape index (κ3) is 7.83. The molecule has 1 aliphatic rings. The highest BCUT2D eigenvalue weighted by Crippen LogP contribution is 2.36. The number of nitrogens with one attached hydrogen (secondary N) is 2. The minimum absolute atomic E-state index is 0.0148. The number of alkyl halides is 1. The molecule has 0 atom stereocenters. The summed E-state index contributed by atoms with van der Waals surface area (Å²) in [6, 6.07) is 17.1. The van der Waals surface area contributed by atoms with Gasteiger partial charge in [-0.2, -0.15) is 0 Å². The zero-order valence-corrected chi connectivity index (χ0v) is 23.5. The molecule has 41 heavy (non-hydrogen) atoms. The third-order valence-corrected chi connectivity index (χ3v) is 7.64. The van der Waals surface area contributed by atoms with E-state index in [1.165, 1.54) is 23.5 Å². The molecule has 4 aromatic rings. The highest BCUT2D eigenvalue weighted by atomic mass is 32.1. The lowest BCUT2D eigenvalue weighted by Gasteiger charge is -2.31. The number of benzene rings is 2. The number of anilines is 1. The summed E-state index contributed by atoms with van der Waals surface area (Å²) >= 11 is 6.58. The highest BCUT2D eigenvalue weighted by Gasteiger charge is 2.31. The molecule has 0 radical (unpaired) electrons. The fourth-order valence-electron chi connectivity index (χ4n) is 4.24. The van der Waals surface area contributed by atoms with Crippen LogP contribution in [0.4, 0.5) is 14.5 Å². The second kappa shape index (κ2) is 12.7. The fourth-order valence-corrected chi connectivity index (χ4v) is 5.42. The Balaban J connectivity index is 1.20. The number of rotatable bonds is 6. The van der Waals surface area contributed by atoms with Crippen LogP contribution in [-0.2, 0) is 11.2 Å². The van der Waals surface area contributed by atoms with Crippen LogP contribution in [-0.4, -0.2) is 51.5 Å². The molecule has 1 fully saturated rings. The number of hydrogen-bond acceptors (Lipinski definition) is 7. The first kappa shape index (κ1) is 28.6. The van der Waals surface area contributed by atoms with Crippen LogP contribution in [0.1, 0.15) is 23.3 Å². The molecule has 0 unspecified atom stereocenters. The molecule has 3 heterocycles. The first-order chi connectivity index (χ1) is 19.7. The summed E-state index contributed by atoms with van der Waals surface area (Å²) in [5, 5.41) is 14.9. The van der Waals surface area contributed by atoms with Crippen molar-refractivity contribution in [2.75, 3.05) is 25.0 Å². The Morgan fingerprint density at radius 2 is 1.93 bits per heavy atom. The lowest BCUT2D eigenvalue weighted by atomic mass is 10.1. The van der Waals surface area contributed by atoms with Crippen LogP contribution in [0.2, 0.25) is 0 Å². The van der Waals surface area contributed by atoms with Crippen molar-refractivity contribution in [3.63, 3.8) is 0 Å². The number of hydrogen-bond donors (Lipinski definition) is 3. The fraction of sp³-hybridized carbons (Fsp3) is 0.233.